The van der Waals surface area contributed by atoms with Gasteiger partial charge in [0.05, 0.1) is 25.1 Å². The standard InChI is InChI=1S/C21H25FN2O5S/c1-21(2)12-18(17-11-16(28-3)8-9-19(17)29-21)23-20(25)13-24(30(4,26)27)15-7-5-6-14(22)10-15/h5-11,18H,12-13H2,1-4H3,(H,23,25)/t18-/m0/s1. The molecule has 1 N–H and O–H groups in total. The minimum Gasteiger partial charge on any atom is -0.497 e. The van der Waals surface area contributed by atoms with E-state index in [1.807, 2.05) is 13.8 Å². The van der Waals surface area contributed by atoms with Crippen molar-refractivity contribution in [3.63, 3.8) is 0 Å². The van der Waals surface area contributed by atoms with E-state index in [4.69, 9.17) is 9.47 Å². The Balaban J connectivity index is 1.86. The molecule has 1 amide bonds. The van der Waals surface area contributed by atoms with Crippen molar-refractivity contribution >= 4 is 21.6 Å². The molecular formula is C21H25FN2O5S. The number of methoxy groups -OCH3 is 1. The van der Waals surface area contributed by atoms with E-state index >= 15 is 0 Å². The Morgan fingerprint density at radius 3 is 2.67 bits per heavy atom. The summed E-state index contributed by atoms with van der Waals surface area (Å²) in [5, 5.41) is 2.89. The zero-order chi connectivity index (χ0) is 22.1. The van der Waals surface area contributed by atoms with E-state index in [0.29, 0.717) is 17.9 Å². The van der Waals surface area contributed by atoms with Crippen molar-refractivity contribution < 1.29 is 27.1 Å². The van der Waals surface area contributed by atoms with Gasteiger partial charge in [0.25, 0.3) is 0 Å². The lowest BCUT2D eigenvalue weighted by Crippen LogP contribution is -2.45. The van der Waals surface area contributed by atoms with Crippen LogP contribution in [0.5, 0.6) is 11.5 Å². The van der Waals surface area contributed by atoms with Gasteiger partial charge in [-0.05, 0) is 50.2 Å². The van der Waals surface area contributed by atoms with Crippen LogP contribution in [0.4, 0.5) is 10.1 Å². The van der Waals surface area contributed by atoms with Crippen molar-refractivity contribution in [3.05, 3.63) is 53.8 Å². The van der Waals surface area contributed by atoms with Crippen molar-refractivity contribution in [3.8, 4) is 11.5 Å². The molecule has 1 atom stereocenters. The molecule has 2 aromatic rings. The molecule has 7 nitrogen and oxygen atoms in total. The van der Waals surface area contributed by atoms with Crippen LogP contribution in [0.15, 0.2) is 42.5 Å². The highest BCUT2D eigenvalue weighted by Gasteiger charge is 2.35. The number of hydrogen-bond acceptors (Lipinski definition) is 5. The second kappa shape index (κ2) is 8.14. The number of carbonyl (C=O) groups is 1. The molecule has 0 aliphatic carbocycles. The van der Waals surface area contributed by atoms with Gasteiger partial charge in [-0.3, -0.25) is 9.10 Å². The van der Waals surface area contributed by atoms with Crippen LogP contribution in [0, 0.1) is 5.82 Å². The molecule has 0 fully saturated rings. The summed E-state index contributed by atoms with van der Waals surface area (Å²) in [6.07, 6.45) is 1.46. The summed E-state index contributed by atoms with van der Waals surface area (Å²) in [4.78, 5) is 12.8. The average Bonchev–Trinajstić information content (AvgIpc) is 2.64. The van der Waals surface area contributed by atoms with Crippen molar-refractivity contribution in [1.29, 1.82) is 0 Å². The first-order valence-corrected chi connectivity index (χ1v) is 11.2. The van der Waals surface area contributed by atoms with Gasteiger partial charge in [0, 0.05) is 12.0 Å². The fourth-order valence-electron chi connectivity index (χ4n) is 3.49. The molecule has 0 spiro atoms. The minimum atomic E-state index is -3.80. The van der Waals surface area contributed by atoms with E-state index in [1.165, 1.54) is 18.2 Å². The number of benzene rings is 2. The number of nitrogens with zero attached hydrogens (tertiary/aromatic N) is 1. The molecular weight excluding hydrogens is 411 g/mol. The van der Waals surface area contributed by atoms with Crippen LogP contribution >= 0.6 is 0 Å². The molecule has 2 aromatic carbocycles. The lowest BCUT2D eigenvalue weighted by molar-refractivity contribution is -0.120. The molecule has 30 heavy (non-hydrogen) atoms. The summed E-state index contributed by atoms with van der Waals surface area (Å²) in [7, 11) is -2.26. The Labute approximate surface area is 175 Å². The van der Waals surface area contributed by atoms with Gasteiger partial charge in [-0.2, -0.15) is 0 Å². The van der Waals surface area contributed by atoms with E-state index in [0.717, 1.165) is 22.2 Å². The molecule has 0 radical (unpaired) electrons. The van der Waals surface area contributed by atoms with E-state index in [1.54, 1.807) is 25.3 Å². The van der Waals surface area contributed by atoms with Gasteiger partial charge >= 0.3 is 0 Å². The normalized spacial score (nSPS) is 17.4. The first-order chi connectivity index (χ1) is 14.0. The molecule has 1 aliphatic heterocycles. The predicted molar refractivity (Wildman–Crippen MR) is 112 cm³/mol. The summed E-state index contributed by atoms with van der Waals surface area (Å²) in [6, 6.07) is 10.1. The zero-order valence-electron chi connectivity index (χ0n) is 17.3. The number of anilines is 1. The van der Waals surface area contributed by atoms with Gasteiger partial charge in [-0.15, -0.1) is 0 Å². The average molecular weight is 437 g/mol. The molecule has 3 rings (SSSR count). The molecule has 0 aromatic heterocycles. The van der Waals surface area contributed by atoms with Crippen LogP contribution in [-0.4, -0.2) is 39.8 Å². The van der Waals surface area contributed by atoms with Crippen LogP contribution in [0.3, 0.4) is 0 Å². The lowest BCUT2D eigenvalue weighted by atomic mass is 9.89. The molecule has 1 heterocycles. The maximum atomic E-state index is 13.6. The Hall–Kier alpha value is -2.81. The molecule has 0 unspecified atom stereocenters. The first kappa shape index (κ1) is 21.9. The maximum absolute atomic E-state index is 13.6. The predicted octanol–water partition coefficient (Wildman–Crippen LogP) is 3.02. The number of halogens is 1. The topological polar surface area (TPSA) is 84.9 Å². The SMILES string of the molecule is COc1ccc2c(c1)[C@@H](NC(=O)CN(c1cccc(F)c1)S(C)(=O)=O)CC(C)(C)O2. The lowest BCUT2D eigenvalue weighted by Gasteiger charge is -2.38. The second-order valence-electron chi connectivity index (χ2n) is 7.84. The minimum absolute atomic E-state index is 0.0852. The number of carbonyl (C=O) groups excluding carboxylic acids is 1. The van der Waals surface area contributed by atoms with Crippen LogP contribution in [0.2, 0.25) is 0 Å². The molecule has 0 saturated heterocycles. The Kier molecular flexibility index (Phi) is 5.94. The van der Waals surface area contributed by atoms with E-state index in [9.17, 15) is 17.6 Å². The maximum Gasteiger partial charge on any atom is 0.241 e. The fraction of sp³-hybridized carbons (Fsp3) is 0.381. The largest absolute Gasteiger partial charge is 0.497 e. The summed E-state index contributed by atoms with van der Waals surface area (Å²) >= 11 is 0. The number of amides is 1. The number of ether oxygens (including phenoxy) is 2. The van der Waals surface area contributed by atoms with Crippen molar-refractivity contribution in [2.24, 2.45) is 0 Å². The highest BCUT2D eigenvalue weighted by molar-refractivity contribution is 7.92. The monoisotopic (exact) mass is 436 g/mol. The Morgan fingerprint density at radius 1 is 1.30 bits per heavy atom. The molecule has 0 bridgehead atoms. The summed E-state index contributed by atoms with van der Waals surface area (Å²) in [5.74, 6) is 0.145. The van der Waals surface area contributed by atoms with Gasteiger partial charge < -0.3 is 14.8 Å². The number of nitrogens with one attached hydrogen (secondary N) is 1. The number of rotatable bonds is 6. The molecule has 162 valence electrons. The van der Waals surface area contributed by atoms with Crippen molar-refractivity contribution in [2.45, 2.75) is 31.9 Å². The highest BCUT2D eigenvalue weighted by Crippen LogP contribution is 2.41. The van der Waals surface area contributed by atoms with E-state index < -0.39 is 39.9 Å². The number of hydrogen-bond donors (Lipinski definition) is 1. The van der Waals surface area contributed by atoms with Gasteiger partial charge in [0.15, 0.2) is 0 Å². The third kappa shape index (κ3) is 5.02. The quantitative estimate of drug-likeness (QED) is 0.753. The van der Waals surface area contributed by atoms with E-state index in [2.05, 4.69) is 5.32 Å². The van der Waals surface area contributed by atoms with Crippen LogP contribution < -0.4 is 19.1 Å². The van der Waals surface area contributed by atoms with Gasteiger partial charge in [-0.1, -0.05) is 6.07 Å². The van der Waals surface area contributed by atoms with Crippen LogP contribution in [-0.2, 0) is 14.8 Å². The Bertz CT molecular complexity index is 1060. The van der Waals surface area contributed by atoms with Crippen molar-refractivity contribution in [2.75, 3.05) is 24.2 Å². The van der Waals surface area contributed by atoms with Crippen molar-refractivity contribution in [1.82, 2.24) is 5.32 Å². The van der Waals surface area contributed by atoms with Gasteiger partial charge in [0.2, 0.25) is 15.9 Å². The van der Waals surface area contributed by atoms with E-state index in [-0.39, 0.29) is 5.69 Å². The first-order valence-electron chi connectivity index (χ1n) is 9.38. The molecule has 0 saturated carbocycles. The summed E-state index contributed by atoms with van der Waals surface area (Å²) in [5.41, 5.74) is 0.305. The third-order valence-corrected chi connectivity index (χ3v) is 5.93. The van der Waals surface area contributed by atoms with Gasteiger partial charge in [-0.25, -0.2) is 12.8 Å². The van der Waals surface area contributed by atoms with Crippen LogP contribution in [0.25, 0.3) is 0 Å². The zero-order valence-corrected chi connectivity index (χ0v) is 18.1. The second-order valence-corrected chi connectivity index (χ2v) is 9.75. The van der Waals surface area contributed by atoms with Gasteiger partial charge in [0.1, 0.15) is 29.5 Å². The van der Waals surface area contributed by atoms with Crippen LogP contribution in [0.1, 0.15) is 31.9 Å². The number of sulfonamides is 1. The highest BCUT2D eigenvalue weighted by atomic mass is 32.2. The summed E-state index contributed by atoms with van der Waals surface area (Å²) in [6.45, 7) is 3.35. The fourth-order valence-corrected chi connectivity index (χ4v) is 4.34. The molecule has 1 aliphatic rings. The smallest absolute Gasteiger partial charge is 0.241 e. The summed E-state index contributed by atoms with van der Waals surface area (Å²) < 4.78 is 50.2. The third-order valence-electron chi connectivity index (χ3n) is 4.79. The Morgan fingerprint density at radius 2 is 2.03 bits per heavy atom. The number of fused-ring (bicyclic) bond motifs is 1. The molecule has 9 heteroatoms.